The second-order valence-corrected chi connectivity index (χ2v) is 12.2. The molecule has 2 aromatic heterocycles. The van der Waals surface area contributed by atoms with Gasteiger partial charge in [0, 0.05) is 60.8 Å². The lowest BCUT2D eigenvalue weighted by molar-refractivity contribution is -0.126. The van der Waals surface area contributed by atoms with Gasteiger partial charge in [-0.1, -0.05) is 12.8 Å². The quantitative estimate of drug-likeness (QED) is 0.314. The summed E-state index contributed by atoms with van der Waals surface area (Å²) in [5.41, 5.74) is 11.2. The van der Waals surface area contributed by atoms with Crippen LogP contribution in [0, 0.1) is 20.8 Å². The van der Waals surface area contributed by atoms with E-state index in [4.69, 9.17) is 10.7 Å². The zero-order chi connectivity index (χ0) is 30.7. The maximum atomic E-state index is 13.8. The second-order valence-electron chi connectivity index (χ2n) is 12.2. The maximum Gasteiger partial charge on any atom is 0.253 e. The fourth-order valence-electron chi connectivity index (χ4n) is 6.78. The molecule has 0 radical (unpaired) electrons. The molecule has 0 spiro atoms. The largest absolute Gasteiger partial charge is 0.357 e. The molecule has 2 amide bonds. The van der Waals surface area contributed by atoms with E-state index in [9.17, 15) is 14.4 Å². The number of aryl methyl sites for hydroxylation is 2. The average Bonchev–Trinajstić information content (AvgIpc) is 3.48. The number of carbonyl (C=O) groups is 2. The summed E-state index contributed by atoms with van der Waals surface area (Å²) in [7, 11) is 0. The molecular formula is C34H44N6O3. The lowest BCUT2D eigenvalue weighted by Gasteiger charge is -2.32. The van der Waals surface area contributed by atoms with Gasteiger partial charge in [0.25, 0.3) is 11.5 Å². The standard InChI is InChI=1S/C34H44N6O3/c1-5-36-33(43)34(12-6-7-13-34)29-18-25(24-8-9-30(37-19-24)40-14-10-26(35)11-15-40)17-27(23(29)4)31(41)38-20-28-21(2)16-22(3)39-32(28)42/h8-9,16-19,26H,5-7,10-15,20,35H2,1-4H3,(H,36,43)(H,38,41)(H,39,42). The molecule has 9 nitrogen and oxygen atoms in total. The highest BCUT2D eigenvalue weighted by molar-refractivity contribution is 5.99. The van der Waals surface area contributed by atoms with E-state index in [0.29, 0.717) is 17.7 Å². The fraction of sp³-hybridized carbons (Fsp3) is 0.471. The molecular weight excluding hydrogens is 540 g/mol. The Kier molecular flexibility index (Phi) is 9.01. The number of pyridine rings is 2. The normalized spacial score (nSPS) is 16.7. The van der Waals surface area contributed by atoms with Crippen molar-refractivity contribution in [3.05, 3.63) is 80.4 Å². The number of amides is 2. The van der Waals surface area contributed by atoms with Crippen LogP contribution in [-0.4, -0.2) is 47.5 Å². The molecule has 0 bridgehead atoms. The van der Waals surface area contributed by atoms with E-state index >= 15 is 0 Å². The molecule has 1 saturated carbocycles. The molecule has 5 rings (SSSR count). The molecule has 0 unspecified atom stereocenters. The molecule has 3 aromatic rings. The summed E-state index contributed by atoms with van der Waals surface area (Å²) < 4.78 is 0. The number of carbonyl (C=O) groups excluding carboxylic acids is 2. The van der Waals surface area contributed by atoms with E-state index < -0.39 is 5.41 Å². The SMILES string of the molecule is CCNC(=O)C1(c2cc(-c3ccc(N4CCC(N)CC4)nc3)cc(C(=O)NCc3c(C)cc(C)[nH]c3=O)c2C)CCCC1. The number of hydrogen-bond donors (Lipinski definition) is 4. The number of H-pyrrole nitrogens is 1. The van der Waals surface area contributed by atoms with Gasteiger partial charge in [-0.05, 0) is 106 Å². The Labute approximate surface area is 253 Å². The van der Waals surface area contributed by atoms with Gasteiger partial charge in [-0.15, -0.1) is 0 Å². The minimum absolute atomic E-state index is 0.0118. The zero-order valence-corrected chi connectivity index (χ0v) is 25.8. The highest BCUT2D eigenvalue weighted by atomic mass is 16.2. The van der Waals surface area contributed by atoms with Crippen molar-refractivity contribution in [2.75, 3.05) is 24.5 Å². The third-order valence-corrected chi connectivity index (χ3v) is 9.26. The lowest BCUT2D eigenvalue weighted by Crippen LogP contribution is -2.43. The topological polar surface area (TPSA) is 133 Å². The first kappa shape index (κ1) is 30.5. The highest BCUT2D eigenvalue weighted by Gasteiger charge is 2.44. The summed E-state index contributed by atoms with van der Waals surface area (Å²) in [6.07, 6.45) is 7.11. The van der Waals surface area contributed by atoms with Crippen LogP contribution in [0.5, 0.6) is 0 Å². The first-order chi connectivity index (χ1) is 20.6. The second kappa shape index (κ2) is 12.7. The first-order valence-electron chi connectivity index (χ1n) is 15.5. The number of anilines is 1. The van der Waals surface area contributed by atoms with Crippen molar-refractivity contribution in [1.82, 2.24) is 20.6 Å². The Morgan fingerprint density at radius 3 is 2.40 bits per heavy atom. The van der Waals surface area contributed by atoms with Crippen LogP contribution in [-0.2, 0) is 16.8 Å². The summed E-state index contributed by atoms with van der Waals surface area (Å²) >= 11 is 0. The number of nitrogens with two attached hydrogens (primary N) is 1. The number of likely N-dealkylation sites (N-methyl/N-ethyl adjacent to an activating group) is 1. The van der Waals surface area contributed by atoms with Gasteiger partial charge in [0.1, 0.15) is 5.82 Å². The Bertz CT molecular complexity index is 1550. The Morgan fingerprint density at radius 2 is 1.77 bits per heavy atom. The summed E-state index contributed by atoms with van der Waals surface area (Å²) in [4.78, 5) is 49.9. The number of aromatic nitrogens is 2. The predicted molar refractivity (Wildman–Crippen MR) is 170 cm³/mol. The number of rotatable bonds is 8. The molecule has 3 heterocycles. The molecule has 2 fully saturated rings. The van der Waals surface area contributed by atoms with Crippen LogP contribution in [0.2, 0.25) is 0 Å². The Balaban J connectivity index is 1.54. The maximum absolute atomic E-state index is 13.8. The van der Waals surface area contributed by atoms with Crippen molar-refractivity contribution in [3.8, 4) is 11.1 Å². The molecule has 2 aliphatic rings. The molecule has 1 aromatic carbocycles. The van der Waals surface area contributed by atoms with Gasteiger partial charge in [-0.2, -0.15) is 0 Å². The van der Waals surface area contributed by atoms with Gasteiger partial charge in [0.2, 0.25) is 5.91 Å². The third kappa shape index (κ3) is 6.22. The van der Waals surface area contributed by atoms with E-state index in [2.05, 4.69) is 26.6 Å². The van der Waals surface area contributed by atoms with Crippen LogP contribution in [0.1, 0.15) is 83.8 Å². The van der Waals surface area contributed by atoms with E-state index in [-0.39, 0.29) is 30.0 Å². The van der Waals surface area contributed by atoms with Gasteiger partial charge in [-0.3, -0.25) is 14.4 Å². The van der Waals surface area contributed by atoms with Gasteiger partial charge < -0.3 is 26.3 Å². The number of nitrogens with zero attached hydrogens (tertiary/aromatic N) is 2. The lowest BCUT2D eigenvalue weighted by atomic mass is 9.74. The van der Waals surface area contributed by atoms with Crippen molar-refractivity contribution < 1.29 is 9.59 Å². The summed E-state index contributed by atoms with van der Waals surface area (Å²) in [5, 5.41) is 6.05. The number of aromatic amines is 1. The summed E-state index contributed by atoms with van der Waals surface area (Å²) in [6, 6.07) is 10.2. The Hall–Kier alpha value is -3.98. The third-order valence-electron chi connectivity index (χ3n) is 9.26. The molecule has 228 valence electrons. The summed E-state index contributed by atoms with van der Waals surface area (Å²) in [5.74, 6) is 0.644. The van der Waals surface area contributed by atoms with E-state index in [1.54, 1.807) is 0 Å². The van der Waals surface area contributed by atoms with Gasteiger partial charge in [0.05, 0.1) is 5.41 Å². The van der Waals surface area contributed by atoms with Gasteiger partial charge in [-0.25, -0.2) is 4.98 Å². The van der Waals surface area contributed by atoms with Crippen LogP contribution in [0.3, 0.4) is 0 Å². The molecule has 1 aliphatic carbocycles. The van der Waals surface area contributed by atoms with Crippen LogP contribution < -0.4 is 26.8 Å². The number of nitrogens with one attached hydrogen (secondary N) is 3. The minimum Gasteiger partial charge on any atom is -0.357 e. The highest BCUT2D eigenvalue weighted by Crippen LogP contribution is 2.45. The van der Waals surface area contributed by atoms with Crippen LogP contribution in [0.25, 0.3) is 11.1 Å². The van der Waals surface area contributed by atoms with Crippen molar-refractivity contribution in [2.45, 2.75) is 84.2 Å². The number of piperidine rings is 1. The van der Waals surface area contributed by atoms with Crippen LogP contribution >= 0.6 is 0 Å². The first-order valence-corrected chi connectivity index (χ1v) is 15.5. The molecule has 0 atom stereocenters. The van der Waals surface area contributed by atoms with E-state index in [0.717, 1.165) is 90.9 Å². The zero-order valence-electron chi connectivity index (χ0n) is 25.8. The van der Waals surface area contributed by atoms with Crippen LogP contribution in [0.4, 0.5) is 5.82 Å². The van der Waals surface area contributed by atoms with Crippen molar-refractivity contribution in [1.29, 1.82) is 0 Å². The van der Waals surface area contributed by atoms with Crippen molar-refractivity contribution in [3.63, 3.8) is 0 Å². The minimum atomic E-state index is -0.699. The Morgan fingerprint density at radius 1 is 1.05 bits per heavy atom. The van der Waals surface area contributed by atoms with Gasteiger partial charge >= 0.3 is 0 Å². The molecule has 1 saturated heterocycles. The average molecular weight is 585 g/mol. The van der Waals surface area contributed by atoms with Crippen molar-refractivity contribution in [2.24, 2.45) is 5.73 Å². The monoisotopic (exact) mass is 584 g/mol. The van der Waals surface area contributed by atoms with Gasteiger partial charge in [0.15, 0.2) is 0 Å². The molecule has 9 heteroatoms. The van der Waals surface area contributed by atoms with E-state index in [1.165, 1.54) is 0 Å². The predicted octanol–water partition coefficient (Wildman–Crippen LogP) is 4.17. The number of benzene rings is 1. The van der Waals surface area contributed by atoms with E-state index in [1.807, 2.05) is 58.2 Å². The molecule has 43 heavy (non-hydrogen) atoms. The smallest absolute Gasteiger partial charge is 0.253 e. The summed E-state index contributed by atoms with van der Waals surface area (Å²) in [6.45, 7) is 9.99. The molecule has 1 aliphatic heterocycles. The van der Waals surface area contributed by atoms with Crippen molar-refractivity contribution >= 4 is 17.6 Å². The van der Waals surface area contributed by atoms with Crippen LogP contribution in [0.15, 0.2) is 41.3 Å². The fourth-order valence-corrected chi connectivity index (χ4v) is 6.78. The number of hydrogen-bond acceptors (Lipinski definition) is 6. The molecule has 5 N–H and O–H groups in total.